The van der Waals surface area contributed by atoms with E-state index in [-0.39, 0.29) is 0 Å². The van der Waals surface area contributed by atoms with Crippen molar-refractivity contribution >= 4 is 11.4 Å². The van der Waals surface area contributed by atoms with Crippen LogP contribution in [0.5, 0.6) is 0 Å². The fraction of sp³-hybridized carbons (Fsp3) is 0.500. The molecule has 1 aromatic rings. The van der Waals surface area contributed by atoms with Crippen molar-refractivity contribution in [2.24, 2.45) is 0 Å². The Morgan fingerprint density at radius 3 is 3.07 bits per heavy atom. The molecule has 1 aliphatic rings. The van der Waals surface area contributed by atoms with E-state index >= 15 is 0 Å². The number of hydrogen-bond donors (Lipinski definition) is 2. The minimum atomic E-state index is 0.351. The molecule has 0 radical (unpaired) electrons. The van der Waals surface area contributed by atoms with Crippen LogP contribution in [0.3, 0.4) is 0 Å². The Kier molecular flexibility index (Phi) is 3.11. The van der Waals surface area contributed by atoms with Gasteiger partial charge in [-0.2, -0.15) is 0 Å². The van der Waals surface area contributed by atoms with Crippen LogP contribution in [-0.2, 0) is 4.74 Å². The zero-order valence-corrected chi connectivity index (χ0v) is 9.12. The van der Waals surface area contributed by atoms with Crippen LogP contribution in [0, 0.1) is 6.92 Å². The van der Waals surface area contributed by atoms with Gasteiger partial charge >= 0.3 is 0 Å². The first-order chi connectivity index (χ1) is 7.27. The largest absolute Gasteiger partial charge is 0.397 e. The summed E-state index contributed by atoms with van der Waals surface area (Å²) in [7, 11) is 0. The lowest BCUT2D eigenvalue weighted by Crippen LogP contribution is -2.19. The fourth-order valence-electron chi connectivity index (χ4n) is 1.95. The average molecular weight is 206 g/mol. The topological polar surface area (TPSA) is 47.3 Å². The molecule has 1 heterocycles. The van der Waals surface area contributed by atoms with Crippen molar-refractivity contribution in [3.63, 3.8) is 0 Å². The van der Waals surface area contributed by atoms with Crippen LogP contribution in [0.25, 0.3) is 0 Å². The summed E-state index contributed by atoms with van der Waals surface area (Å²) in [5.41, 5.74) is 8.95. The molecule has 0 bridgehead atoms. The Balaban J connectivity index is 1.97. The first-order valence-electron chi connectivity index (χ1n) is 5.48. The molecule has 0 aromatic heterocycles. The van der Waals surface area contributed by atoms with Crippen molar-refractivity contribution in [1.82, 2.24) is 0 Å². The van der Waals surface area contributed by atoms with Crippen molar-refractivity contribution in [3.8, 4) is 0 Å². The van der Waals surface area contributed by atoms with Crippen LogP contribution >= 0.6 is 0 Å². The Hall–Kier alpha value is -1.22. The first kappa shape index (κ1) is 10.3. The van der Waals surface area contributed by atoms with Gasteiger partial charge in [0.1, 0.15) is 0 Å². The summed E-state index contributed by atoms with van der Waals surface area (Å²) in [5, 5.41) is 3.37. The lowest BCUT2D eigenvalue weighted by Gasteiger charge is -2.15. The lowest BCUT2D eigenvalue weighted by atomic mass is 10.1. The zero-order chi connectivity index (χ0) is 10.7. The number of benzene rings is 1. The Morgan fingerprint density at radius 1 is 1.53 bits per heavy atom. The molecule has 82 valence electrons. The molecule has 1 aromatic carbocycles. The maximum Gasteiger partial charge on any atom is 0.0748 e. The summed E-state index contributed by atoms with van der Waals surface area (Å²) in [4.78, 5) is 0. The van der Waals surface area contributed by atoms with Gasteiger partial charge in [-0.05, 0) is 31.4 Å². The van der Waals surface area contributed by atoms with Crippen molar-refractivity contribution in [1.29, 1.82) is 0 Å². The second-order valence-electron chi connectivity index (χ2n) is 4.06. The molecule has 3 nitrogen and oxygen atoms in total. The fourth-order valence-corrected chi connectivity index (χ4v) is 1.95. The van der Waals surface area contributed by atoms with E-state index in [9.17, 15) is 0 Å². The minimum absolute atomic E-state index is 0.351. The Bertz CT molecular complexity index is 312. The molecule has 1 fully saturated rings. The Morgan fingerprint density at radius 2 is 2.40 bits per heavy atom. The number of rotatable bonds is 3. The number of nitrogens with one attached hydrogen (secondary N) is 1. The molecule has 15 heavy (non-hydrogen) atoms. The van der Waals surface area contributed by atoms with Gasteiger partial charge in [-0.25, -0.2) is 0 Å². The van der Waals surface area contributed by atoms with Gasteiger partial charge in [0.15, 0.2) is 0 Å². The maximum absolute atomic E-state index is 5.90. The highest BCUT2D eigenvalue weighted by Gasteiger charge is 2.15. The summed E-state index contributed by atoms with van der Waals surface area (Å²) in [6.45, 7) is 3.82. The van der Waals surface area contributed by atoms with Crippen molar-refractivity contribution in [2.45, 2.75) is 25.9 Å². The van der Waals surface area contributed by atoms with Gasteiger partial charge in [-0.3, -0.25) is 0 Å². The molecule has 1 saturated heterocycles. The quantitative estimate of drug-likeness (QED) is 0.745. The number of anilines is 2. The van der Waals surface area contributed by atoms with Gasteiger partial charge in [0.05, 0.1) is 17.5 Å². The van der Waals surface area contributed by atoms with Crippen LogP contribution in [0.1, 0.15) is 18.4 Å². The van der Waals surface area contributed by atoms with E-state index in [4.69, 9.17) is 10.5 Å². The number of nitrogen functional groups attached to an aromatic ring is 1. The number of para-hydroxylation sites is 1. The summed E-state index contributed by atoms with van der Waals surface area (Å²) < 4.78 is 5.55. The number of ether oxygens (including phenoxy) is 1. The van der Waals surface area contributed by atoms with Crippen molar-refractivity contribution in [2.75, 3.05) is 24.2 Å². The smallest absolute Gasteiger partial charge is 0.0748 e. The molecule has 1 atom stereocenters. The van der Waals surface area contributed by atoms with Gasteiger partial charge in [-0.15, -0.1) is 0 Å². The highest BCUT2D eigenvalue weighted by Crippen LogP contribution is 2.23. The summed E-state index contributed by atoms with van der Waals surface area (Å²) in [6, 6.07) is 5.96. The van der Waals surface area contributed by atoms with Crippen molar-refractivity contribution < 1.29 is 4.74 Å². The van der Waals surface area contributed by atoms with Crippen LogP contribution in [0.15, 0.2) is 18.2 Å². The molecule has 2 rings (SSSR count). The maximum atomic E-state index is 5.90. The minimum Gasteiger partial charge on any atom is -0.397 e. The number of hydrogen-bond acceptors (Lipinski definition) is 3. The number of nitrogens with two attached hydrogens (primary N) is 1. The molecule has 1 unspecified atom stereocenters. The van der Waals surface area contributed by atoms with Crippen LogP contribution < -0.4 is 11.1 Å². The second-order valence-corrected chi connectivity index (χ2v) is 4.06. The van der Waals surface area contributed by atoms with E-state index in [0.29, 0.717) is 6.10 Å². The summed E-state index contributed by atoms with van der Waals surface area (Å²) in [5.74, 6) is 0. The van der Waals surface area contributed by atoms with Gasteiger partial charge < -0.3 is 15.8 Å². The van der Waals surface area contributed by atoms with E-state index in [1.807, 2.05) is 12.1 Å². The SMILES string of the molecule is Cc1cccc(N)c1NCC1CCCO1. The molecule has 0 saturated carbocycles. The zero-order valence-electron chi connectivity index (χ0n) is 9.12. The van der Waals surface area contributed by atoms with E-state index in [2.05, 4.69) is 18.3 Å². The Labute approximate surface area is 90.6 Å². The molecule has 0 spiro atoms. The van der Waals surface area contributed by atoms with Crippen LogP contribution in [0.4, 0.5) is 11.4 Å². The molecular formula is C12H18N2O. The van der Waals surface area contributed by atoms with Gasteiger partial charge in [-0.1, -0.05) is 12.1 Å². The first-order valence-corrected chi connectivity index (χ1v) is 5.48. The third-order valence-electron chi connectivity index (χ3n) is 2.84. The van der Waals surface area contributed by atoms with Gasteiger partial charge in [0.25, 0.3) is 0 Å². The van der Waals surface area contributed by atoms with Gasteiger partial charge in [0, 0.05) is 13.2 Å². The second kappa shape index (κ2) is 4.53. The number of aryl methyl sites for hydroxylation is 1. The van der Waals surface area contributed by atoms with Crippen LogP contribution in [-0.4, -0.2) is 19.3 Å². The van der Waals surface area contributed by atoms with Crippen LogP contribution in [0.2, 0.25) is 0 Å². The highest BCUT2D eigenvalue weighted by atomic mass is 16.5. The standard InChI is InChI=1S/C12H18N2O/c1-9-4-2-6-11(13)12(9)14-8-10-5-3-7-15-10/h2,4,6,10,14H,3,5,7-8,13H2,1H3. The summed E-state index contributed by atoms with van der Waals surface area (Å²) >= 11 is 0. The highest BCUT2D eigenvalue weighted by molar-refractivity contribution is 5.69. The lowest BCUT2D eigenvalue weighted by molar-refractivity contribution is 0.120. The third kappa shape index (κ3) is 2.42. The average Bonchev–Trinajstić information content (AvgIpc) is 2.70. The summed E-state index contributed by atoms with van der Waals surface area (Å²) in [6.07, 6.45) is 2.68. The monoisotopic (exact) mass is 206 g/mol. The third-order valence-corrected chi connectivity index (χ3v) is 2.84. The van der Waals surface area contributed by atoms with Gasteiger partial charge in [0.2, 0.25) is 0 Å². The molecule has 0 amide bonds. The van der Waals surface area contributed by atoms with E-state index in [1.165, 1.54) is 12.0 Å². The predicted molar refractivity (Wildman–Crippen MR) is 63.1 cm³/mol. The van der Waals surface area contributed by atoms with Crippen molar-refractivity contribution in [3.05, 3.63) is 23.8 Å². The molecule has 0 aliphatic carbocycles. The normalized spacial score (nSPS) is 20.5. The molecule has 3 heteroatoms. The predicted octanol–water partition coefficient (Wildman–Crippen LogP) is 2.17. The van der Waals surface area contributed by atoms with E-state index in [1.54, 1.807) is 0 Å². The molecular weight excluding hydrogens is 188 g/mol. The molecule has 3 N–H and O–H groups in total. The van der Waals surface area contributed by atoms with E-state index in [0.717, 1.165) is 30.9 Å². The van der Waals surface area contributed by atoms with E-state index < -0.39 is 0 Å². The molecule has 1 aliphatic heterocycles.